The zero-order valence-corrected chi connectivity index (χ0v) is 9.31. The van der Waals surface area contributed by atoms with Gasteiger partial charge in [-0.05, 0) is 12.8 Å². The van der Waals surface area contributed by atoms with Crippen LogP contribution in [0.15, 0.2) is 0 Å². The predicted octanol–water partition coefficient (Wildman–Crippen LogP) is 1.54. The van der Waals surface area contributed by atoms with Crippen molar-refractivity contribution in [2.24, 2.45) is 0 Å². The lowest BCUT2D eigenvalue weighted by molar-refractivity contribution is -0.143. The Labute approximate surface area is 93.0 Å². The van der Waals surface area contributed by atoms with Gasteiger partial charge in [0.15, 0.2) is 0 Å². The highest BCUT2D eigenvalue weighted by Crippen LogP contribution is 2.20. The van der Waals surface area contributed by atoms with Crippen LogP contribution in [-0.4, -0.2) is 43.2 Å². The van der Waals surface area contributed by atoms with Gasteiger partial charge in [0.1, 0.15) is 0 Å². The Morgan fingerprint density at radius 3 is 2.56 bits per heavy atom. The zero-order valence-electron chi connectivity index (χ0n) is 9.31. The smallest absolute Gasteiger partial charge is 0.345 e. The SMILES string of the molecule is CN(CCC(F)(F)F)C(=O)CCNC1CC1. The monoisotopic (exact) mass is 238 g/mol. The minimum atomic E-state index is -4.19. The van der Waals surface area contributed by atoms with E-state index in [2.05, 4.69) is 5.32 Å². The molecule has 0 aromatic rings. The first-order chi connectivity index (χ1) is 7.38. The number of hydrogen-bond acceptors (Lipinski definition) is 2. The van der Waals surface area contributed by atoms with Gasteiger partial charge < -0.3 is 10.2 Å². The van der Waals surface area contributed by atoms with E-state index in [1.165, 1.54) is 7.05 Å². The summed E-state index contributed by atoms with van der Waals surface area (Å²) in [7, 11) is 1.41. The number of carbonyl (C=O) groups excluding carboxylic acids is 1. The summed E-state index contributed by atoms with van der Waals surface area (Å²) < 4.78 is 35.7. The van der Waals surface area contributed by atoms with E-state index in [-0.39, 0.29) is 18.9 Å². The number of rotatable bonds is 6. The van der Waals surface area contributed by atoms with Gasteiger partial charge in [0.25, 0.3) is 0 Å². The number of hydrogen-bond donors (Lipinski definition) is 1. The van der Waals surface area contributed by atoms with E-state index < -0.39 is 12.6 Å². The Bertz CT molecular complexity index is 239. The first-order valence-electron chi connectivity index (χ1n) is 5.42. The highest BCUT2D eigenvalue weighted by molar-refractivity contribution is 5.76. The fourth-order valence-electron chi connectivity index (χ4n) is 1.28. The van der Waals surface area contributed by atoms with E-state index in [1.807, 2.05) is 0 Å². The largest absolute Gasteiger partial charge is 0.390 e. The second-order valence-electron chi connectivity index (χ2n) is 4.16. The molecule has 0 heterocycles. The maximum Gasteiger partial charge on any atom is 0.390 e. The molecule has 0 spiro atoms. The van der Waals surface area contributed by atoms with Crippen molar-refractivity contribution in [3.05, 3.63) is 0 Å². The first kappa shape index (κ1) is 13.3. The van der Waals surface area contributed by atoms with Crippen molar-refractivity contribution in [3.8, 4) is 0 Å². The summed E-state index contributed by atoms with van der Waals surface area (Å²) in [5, 5.41) is 3.14. The summed E-state index contributed by atoms with van der Waals surface area (Å²) in [5.41, 5.74) is 0. The van der Waals surface area contributed by atoms with Crippen LogP contribution in [0.5, 0.6) is 0 Å². The van der Waals surface area contributed by atoms with Gasteiger partial charge in [-0.15, -0.1) is 0 Å². The van der Waals surface area contributed by atoms with Crippen LogP contribution in [0, 0.1) is 0 Å². The lowest BCUT2D eigenvalue weighted by atomic mass is 10.3. The Morgan fingerprint density at radius 2 is 2.06 bits per heavy atom. The molecule has 0 saturated heterocycles. The van der Waals surface area contributed by atoms with E-state index in [4.69, 9.17) is 0 Å². The van der Waals surface area contributed by atoms with Crippen LogP contribution >= 0.6 is 0 Å². The maximum atomic E-state index is 11.9. The van der Waals surface area contributed by atoms with Gasteiger partial charge in [-0.2, -0.15) is 13.2 Å². The standard InChI is InChI=1S/C10H17F3N2O/c1-15(7-5-10(11,12)13)9(16)4-6-14-8-2-3-8/h8,14H,2-7H2,1H3. The predicted molar refractivity (Wildman–Crippen MR) is 54.0 cm³/mol. The molecule has 1 fully saturated rings. The number of nitrogens with zero attached hydrogens (tertiary/aromatic N) is 1. The summed E-state index contributed by atoms with van der Waals surface area (Å²) in [4.78, 5) is 12.5. The van der Waals surface area contributed by atoms with Crippen molar-refractivity contribution in [3.63, 3.8) is 0 Å². The summed E-state index contributed by atoms with van der Waals surface area (Å²) >= 11 is 0. The lowest BCUT2D eigenvalue weighted by Gasteiger charge is -2.18. The molecule has 0 aromatic carbocycles. The summed E-state index contributed by atoms with van der Waals surface area (Å²) in [6, 6.07) is 0.522. The third kappa shape index (κ3) is 5.95. The van der Waals surface area contributed by atoms with E-state index in [1.54, 1.807) is 0 Å². The molecule has 0 aromatic heterocycles. The van der Waals surface area contributed by atoms with Crippen molar-refractivity contribution in [1.82, 2.24) is 10.2 Å². The Kier molecular flexibility index (Phi) is 4.58. The average Bonchev–Trinajstić information content (AvgIpc) is 2.96. The average molecular weight is 238 g/mol. The van der Waals surface area contributed by atoms with Crippen molar-refractivity contribution in [2.45, 2.75) is 37.9 Å². The van der Waals surface area contributed by atoms with E-state index in [0.717, 1.165) is 17.7 Å². The van der Waals surface area contributed by atoms with Crippen molar-refractivity contribution in [1.29, 1.82) is 0 Å². The molecular weight excluding hydrogens is 221 g/mol. The van der Waals surface area contributed by atoms with Gasteiger partial charge in [-0.1, -0.05) is 0 Å². The highest BCUT2D eigenvalue weighted by atomic mass is 19.4. The van der Waals surface area contributed by atoms with Gasteiger partial charge in [0.05, 0.1) is 6.42 Å². The van der Waals surface area contributed by atoms with E-state index in [9.17, 15) is 18.0 Å². The normalized spacial score (nSPS) is 16.2. The third-order valence-corrected chi connectivity index (χ3v) is 2.51. The number of halogens is 3. The topological polar surface area (TPSA) is 32.3 Å². The van der Waals surface area contributed by atoms with Gasteiger partial charge in [-0.25, -0.2) is 0 Å². The Hall–Kier alpha value is -0.780. The van der Waals surface area contributed by atoms with Gasteiger partial charge >= 0.3 is 6.18 Å². The zero-order chi connectivity index (χ0) is 12.2. The molecular formula is C10H17F3N2O. The summed E-state index contributed by atoms with van der Waals surface area (Å²) in [6.45, 7) is 0.297. The van der Waals surface area contributed by atoms with Crippen molar-refractivity contribution in [2.75, 3.05) is 20.1 Å². The molecule has 1 amide bonds. The maximum absolute atomic E-state index is 11.9. The van der Waals surface area contributed by atoms with Crippen LogP contribution in [0.3, 0.4) is 0 Å². The van der Waals surface area contributed by atoms with Gasteiger partial charge in [0.2, 0.25) is 5.91 Å². The molecule has 0 unspecified atom stereocenters. The van der Waals surface area contributed by atoms with Crippen LogP contribution < -0.4 is 5.32 Å². The molecule has 1 rings (SSSR count). The van der Waals surface area contributed by atoms with E-state index in [0.29, 0.717) is 12.6 Å². The number of amides is 1. The molecule has 0 bridgehead atoms. The second kappa shape index (κ2) is 5.52. The molecule has 1 saturated carbocycles. The van der Waals surface area contributed by atoms with Crippen LogP contribution in [0.25, 0.3) is 0 Å². The van der Waals surface area contributed by atoms with E-state index >= 15 is 0 Å². The molecule has 6 heteroatoms. The number of nitrogens with one attached hydrogen (secondary N) is 1. The molecule has 0 atom stereocenters. The first-order valence-corrected chi connectivity index (χ1v) is 5.42. The number of alkyl halides is 3. The van der Waals surface area contributed by atoms with Crippen LogP contribution in [-0.2, 0) is 4.79 Å². The molecule has 16 heavy (non-hydrogen) atoms. The highest BCUT2D eigenvalue weighted by Gasteiger charge is 2.28. The van der Waals surface area contributed by atoms with Gasteiger partial charge in [-0.3, -0.25) is 4.79 Å². The minimum absolute atomic E-state index is 0.239. The van der Waals surface area contributed by atoms with Crippen molar-refractivity contribution >= 4 is 5.91 Å². The molecule has 94 valence electrons. The second-order valence-corrected chi connectivity index (χ2v) is 4.16. The fourth-order valence-corrected chi connectivity index (χ4v) is 1.28. The molecule has 0 radical (unpaired) electrons. The minimum Gasteiger partial charge on any atom is -0.345 e. The summed E-state index contributed by atoms with van der Waals surface area (Å²) in [6.07, 6.45) is -2.59. The fraction of sp³-hybridized carbons (Fsp3) is 0.900. The molecule has 0 aliphatic heterocycles. The van der Waals surface area contributed by atoms with Crippen LogP contribution in [0.4, 0.5) is 13.2 Å². The molecule has 1 N–H and O–H groups in total. The molecule has 3 nitrogen and oxygen atoms in total. The van der Waals surface area contributed by atoms with Gasteiger partial charge in [0, 0.05) is 32.6 Å². The molecule has 1 aliphatic carbocycles. The Morgan fingerprint density at radius 1 is 1.44 bits per heavy atom. The third-order valence-electron chi connectivity index (χ3n) is 2.51. The Balaban J connectivity index is 2.08. The molecule has 1 aliphatic rings. The quantitative estimate of drug-likeness (QED) is 0.761. The summed E-state index contributed by atoms with van der Waals surface area (Å²) in [5.74, 6) is -0.239. The van der Waals surface area contributed by atoms with Crippen LogP contribution in [0.1, 0.15) is 25.7 Å². The van der Waals surface area contributed by atoms with Crippen LogP contribution in [0.2, 0.25) is 0 Å². The lowest BCUT2D eigenvalue weighted by Crippen LogP contribution is -2.33. The number of carbonyl (C=O) groups is 1. The van der Waals surface area contributed by atoms with Crippen molar-refractivity contribution < 1.29 is 18.0 Å².